The van der Waals surface area contributed by atoms with Gasteiger partial charge in [-0.1, -0.05) is 12.1 Å². The van der Waals surface area contributed by atoms with Crippen LogP contribution in [0.25, 0.3) is 0 Å². The molecule has 17 heavy (non-hydrogen) atoms. The number of pyridine rings is 1. The summed E-state index contributed by atoms with van der Waals surface area (Å²) in [5.41, 5.74) is 6.87. The molecule has 0 atom stereocenters. The third-order valence-corrected chi connectivity index (χ3v) is 2.54. The van der Waals surface area contributed by atoms with Crippen molar-refractivity contribution in [2.75, 3.05) is 0 Å². The zero-order chi connectivity index (χ0) is 12.3. The SMILES string of the molecule is NCc1ccn(Cc2cccc(F)c2)c(=O)c1. The van der Waals surface area contributed by atoms with E-state index in [0.29, 0.717) is 13.1 Å². The van der Waals surface area contributed by atoms with E-state index in [-0.39, 0.29) is 11.4 Å². The van der Waals surface area contributed by atoms with Crippen molar-refractivity contribution in [1.82, 2.24) is 4.57 Å². The van der Waals surface area contributed by atoms with E-state index in [4.69, 9.17) is 5.73 Å². The Hall–Kier alpha value is -1.94. The maximum atomic E-state index is 13.0. The third kappa shape index (κ3) is 2.79. The fourth-order valence-electron chi connectivity index (χ4n) is 1.64. The molecule has 2 rings (SSSR count). The van der Waals surface area contributed by atoms with Gasteiger partial charge in [-0.15, -0.1) is 0 Å². The number of aromatic nitrogens is 1. The summed E-state index contributed by atoms with van der Waals surface area (Å²) in [6, 6.07) is 9.50. The number of benzene rings is 1. The van der Waals surface area contributed by atoms with Gasteiger partial charge in [0.2, 0.25) is 0 Å². The molecule has 0 spiro atoms. The highest BCUT2D eigenvalue weighted by Crippen LogP contribution is 2.05. The van der Waals surface area contributed by atoms with E-state index in [1.54, 1.807) is 24.4 Å². The van der Waals surface area contributed by atoms with Crippen molar-refractivity contribution in [3.63, 3.8) is 0 Å². The molecular formula is C13H13FN2O. The monoisotopic (exact) mass is 232 g/mol. The average molecular weight is 232 g/mol. The van der Waals surface area contributed by atoms with Crippen LogP contribution >= 0.6 is 0 Å². The lowest BCUT2D eigenvalue weighted by atomic mass is 10.2. The molecule has 0 aliphatic rings. The molecular weight excluding hydrogens is 219 g/mol. The summed E-state index contributed by atoms with van der Waals surface area (Å²) in [7, 11) is 0. The number of hydrogen-bond acceptors (Lipinski definition) is 2. The van der Waals surface area contributed by atoms with Gasteiger partial charge in [-0.2, -0.15) is 0 Å². The molecule has 2 aromatic rings. The van der Waals surface area contributed by atoms with Crippen molar-refractivity contribution in [3.8, 4) is 0 Å². The minimum Gasteiger partial charge on any atom is -0.326 e. The van der Waals surface area contributed by atoms with Crippen LogP contribution in [-0.4, -0.2) is 4.57 Å². The van der Waals surface area contributed by atoms with E-state index >= 15 is 0 Å². The molecule has 1 heterocycles. The van der Waals surface area contributed by atoms with Crippen LogP contribution < -0.4 is 11.3 Å². The van der Waals surface area contributed by atoms with Crippen LogP contribution in [0.5, 0.6) is 0 Å². The largest absolute Gasteiger partial charge is 0.326 e. The van der Waals surface area contributed by atoms with Crippen molar-refractivity contribution in [1.29, 1.82) is 0 Å². The van der Waals surface area contributed by atoms with Crippen LogP contribution in [0.4, 0.5) is 4.39 Å². The zero-order valence-electron chi connectivity index (χ0n) is 9.27. The number of nitrogens with zero attached hydrogens (tertiary/aromatic N) is 1. The Morgan fingerprint density at radius 1 is 1.18 bits per heavy atom. The molecule has 0 aliphatic carbocycles. The van der Waals surface area contributed by atoms with Crippen molar-refractivity contribution < 1.29 is 4.39 Å². The van der Waals surface area contributed by atoms with Gasteiger partial charge in [-0.05, 0) is 29.3 Å². The van der Waals surface area contributed by atoms with E-state index in [1.807, 2.05) is 0 Å². The number of nitrogens with two attached hydrogens (primary N) is 1. The molecule has 1 aromatic carbocycles. The molecule has 0 bridgehead atoms. The second kappa shape index (κ2) is 4.93. The van der Waals surface area contributed by atoms with Gasteiger partial charge in [-0.3, -0.25) is 4.79 Å². The summed E-state index contributed by atoms with van der Waals surface area (Å²) in [5.74, 6) is -0.297. The van der Waals surface area contributed by atoms with Crippen molar-refractivity contribution in [2.24, 2.45) is 5.73 Å². The molecule has 0 saturated heterocycles. The predicted octanol–water partition coefficient (Wildman–Crippen LogP) is 1.49. The van der Waals surface area contributed by atoms with E-state index in [2.05, 4.69) is 0 Å². The van der Waals surface area contributed by atoms with Crippen molar-refractivity contribution in [3.05, 3.63) is 69.9 Å². The Balaban J connectivity index is 2.27. The minimum atomic E-state index is -0.297. The van der Waals surface area contributed by atoms with Crippen LogP contribution in [0.2, 0.25) is 0 Å². The van der Waals surface area contributed by atoms with Crippen LogP contribution in [0.15, 0.2) is 47.4 Å². The predicted molar refractivity (Wildman–Crippen MR) is 64.1 cm³/mol. The Morgan fingerprint density at radius 2 is 2.00 bits per heavy atom. The first kappa shape index (κ1) is 11.5. The summed E-state index contributed by atoms with van der Waals surface area (Å²) in [5, 5.41) is 0. The second-order valence-corrected chi connectivity index (χ2v) is 3.84. The van der Waals surface area contributed by atoms with Gasteiger partial charge in [0.25, 0.3) is 5.56 Å². The highest BCUT2D eigenvalue weighted by molar-refractivity contribution is 5.18. The molecule has 0 amide bonds. The summed E-state index contributed by atoms with van der Waals surface area (Å²) in [4.78, 5) is 11.7. The van der Waals surface area contributed by atoms with Gasteiger partial charge in [0, 0.05) is 18.8 Å². The summed E-state index contributed by atoms with van der Waals surface area (Å²) in [6.45, 7) is 0.706. The molecule has 2 N–H and O–H groups in total. The van der Waals surface area contributed by atoms with Gasteiger partial charge in [0.1, 0.15) is 5.82 Å². The second-order valence-electron chi connectivity index (χ2n) is 3.84. The maximum absolute atomic E-state index is 13.0. The standard InChI is InChI=1S/C13H13FN2O/c14-12-3-1-2-11(6-12)9-16-5-4-10(8-15)7-13(16)17/h1-7H,8-9,15H2. The normalized spacial score (nSPS) is 10.5. The number of halogens is 1. The lowest BCUT2D eigenvalue weighted by molar-refractivity contribution is 0.622. The number of hydrogen-bond donors (Lipinski definition) is 1. The molecule has 0 radical (unpaired) electrons. The molecule has 0 fully saturated rings. The summed E-state index contributed by atoms with van der Waals surface area (Å²) < 4.78 is 14.5. The van der Waals surface area contributed by atoms with Gasteiger partial charge < -0.3 is 10.3 Å². The highest BCUT2D eigenvalue weighted by Gasteiger charge is 2.00. The van der Waals surface area contributed by atoms with Gasteiger partial charge in [0.15, 0.2) is 0 Å². The zero-order valence-corrected chi connectivity index (χ0v) is 9.27. The van der Waals surface area contributed by atoms with E-state index < -0.39 is 0 Å². The molecule has 88 valence electrons. The Kier molecular flexibility index (Phi) is 3.35. The first-order chi connectivity index (χ1) is 8.19. The first-order valence-electron chi connectivity index (χ1n) is 5.33. The van der Waals surface area contributed by atoms with E-state index in [1.165, 1.54) is 22.8 Å². The van der Waals surface area contributed by atoms with E-state index in [9.17, 15) is 9.18 Å². The fourth-order valence-corrected chi connectivity index (χ4v) is 1.64. The maximum Gasteiger partial charge on any atom is 0.251 e. The quantitative estimate of drug-likeness (QED) is 0.871. The highest BCUT2D eigenvalue weighted by atomic mass is 19.1. The Morgan fingerprint density at radius 3 is 2.65 bits per heavy atom. The van der Waals surface area contributed by atoms with Crippen molar-refractivity contribution in [2.45, 2.75) is 13.1 Å². The van der Waals surface area contributed by atoms with E-state index in [0.717, 1.165) is 11.1 Å². The van der Waals surface area contributed by atoms with Gasteiger partial charge >= 0.3 is 0 Å². The number of rotatable bonds is 3. The molecule has 0 aliphatic heterocycles. The Labute approximate surface area is 98.3 Å². The molecule has 3 nitrogen and oxygen atoms in total. The lowest BCUT2D eigenvalue weighted by Crippen LogP contribution is -2.20. The fraction of sp³-hybridized carbons (Fsp3) is 0.154. The van der Waals surface area contributed by atoms with Crippen molar-refractivity contribution >= 4 is 0 Å². The minimum absolute atomic E-state index is 0.128. The molecule has 1 aromatic heterocycles. The molecule has 0 unspecified atom stereocenters. The summed E-state index contributed by atoms with van der Waals surface area (Å²) in [6.07, 6.45) is 1.68. The van der Waals surface area contributed by atoms with Gasteiger partial charge in [0.05, 0.1) is 6.54 Å². The molecule has 4 heteroatoms. The lowest BCUT2D eigenvalue weighted by Gasteiger charge is -2.06. The van der Waals surface area contributed by atoms with Crippen LogP contribution in [0, 0.1) is 5.82 Å². The van der Waals surface area contributed by atoms with Crippen LogP contribution in [-0.2, 0) is 13.1 Å². The van der Waals surface area contributed by atoms with Gasteiger partial charge in [-0.25, -0.2) is 4.39 Å². The van der Waals surface area contributed by atoms with Crippen LogP contribution in [0.1, 0.15) is 11.1 Å². The first-order valence-corrected chi connectivity index (χ1v) is 5.33. The average Bonchev–Trinajstić information content (AvgIpc) is 2.32. The third-order valence-electron chi connectivity index (χ3n) is 2.54. The molecule has 0 saturated carbocycles. The Bertz CT molecular complexity index is 578. The topological polar surface area (TPSA) is 48.0 Å². The smallest absolute Gasteiger partial charge is 0.251 e. The van der Waals surface area contributed by atoms with Crippen LogP contribution in [0.3, 0.4) is 0 Å². The summed E-state index contributed by atoms with van der Waals surface area (Å²) >= 11 is 0.